The molecule has 104 valence electrons. The van der Waals surface area contributed by atoms with Gasteiger partial charge in [0.2, 0.25) is 0 Å². The monoisotopic (exact) mass is 280 g/mol. The van der Waals surface area contributed by atoms with Gasteiger partial charge in [0.1, 0.15) is 5.82 Å². The van der Waals surface area contributed by atoms with Crippen LogP contribution in [0.1, 0.15) is 5.56 Å². The number of aryl methyl sites for hydroxylation is 1. The predicted octanol–water partition coefficient (Wildman–Crippen LogP) is 0.578. The minimum absolute atomic E-state index is 0.193. The van der Waals surface area contributed by atoms with Crippen LogP contribution >= 0.6 is 0 Å². The summed E-state index contributed by atoms with van der Waals surface area (Å²) in [7, 11) is -1.51. The van der Waals surface area contributed by atoms with Crippen LogP contribution in [0.25, 0.3) is 22.3 Å². The molecule has 0 fully saturated rings. The summed E-state index contributed by atoms with van der Waals surface area (Å²) in [6.45, 7) is 1.83. The van der Waals surface area contributed by atoms with E-state index in [2.05, 4.69) is 9.97 Å². The van der Waals surface area contributed by atoms with Crippen LogP contribution < -0.4 is 11.0 Å². The third-order valence-electron chi connectivity index (χ3n) is 3.42. The van der Waals surface area contributed by atoms with E-state index in [1.165, 1.54) is 0 Å². The summed E-state index contributed by atoms with van der Waals surface area (Å²) < 4.78 is 0. The fourth-order valence-electron chi connectivity index (χ4n) is 2.33. The lowest BCUT2D eigenvalue weighted by Crippen LogP contribution is -2.29. The molecule has 6 heteroatoms. The van der Waals surface area contributed by atoms with Crippen molar-refractivity contribution < 1.29 is 10.0 Å². The van der Waals surface area contributed by atoms with E-state index in [4.69, 9.17) is 0 Å². The first kappa shape index (κ1) is 13.5. The zero-order valence-electron chi connectivity index (χ0n) is 11.4. The molecular weight excluding hydrogens is 267 g/mol. The maximum atomic E-state index is 12.1. The maximum absolute atomic E-state index is 12.1. The molecule has 21 heavy (non-hydrogen) atoms. The number of rotatable bonds is 2. The topological polar surface area (TPSA) is 86.2 Å². The van der Waals surface area contributed by atoms with Gasteiger partial charge in [-0.15, -0.1) is 0 Å². The number of nitrogens with one attached hydrogen (secondary N) is 1. The summed E-state index contributed by atoms with van der Waals surface area (Å²) >= 11 is 0. The minimum Gasteiger partial charge on any atom is -0.423 e. The highest BCUT2D eigenvalue weighted by atomic mass is 16.4. The van der Waals surface area contributed by atoms with Crippen LogP contribution in [0, 0.1) is 6.92 Å². The zero-order valence-corrected chi connectivity index (χ0v) is 11.4. The number of hydrogen-bond donors (Lipinski definition) is 3. The van der Waals surface area contributed by atoms with Crippen LogP contribution in [-0.4, -0.2) is 27.1 Å². The van der Waals surface area contributed by atoms with E-state index in [1.54, 1.807) is 36.4 Å². The van der Waals surface area contributed by atoms with Gasteiger partial charge in [0.15, 0.2) is 0 Å². The summed E-state index contributed by atoms with van der Waals surface area (Å²) in [5.74, 6) is 0.468. The molecule has 3 N–H and O–H groups in total. The Hall–Kier alpha value is -2.44. The molecule has 1 aromatic heterocycles. The van der Waals surface area contributed by atoms with E-state index in [1.807, 2.05) is 13.0 Å². The zero-order chi connectivity index (χ0) is 15.0. The molecule has 3 rings (SSSR count). The normalized spacial score (nSPS) is 10.8. The molecule has 0 bridgehead atoms. The molecule has 0 aliphatic carbocycles. The second-order valence-corrected chi connectivity index (χ2v) is 4.88. The third-order valence-corrected chi connectivity index (χ3v) is 3.42. The van der Waals surface area contributed by atoms with Crippen LogP contribution in [0.5, 0.6) is 0 Å². The molecule has 0 unspecified atom stereocenters. The lowest BCUT2D eigenvalue weighted by atomic mass is 9.79. The Balaban J connectivity index is 2.19. The van der Waals surface area contributed by atoms with Crippen molar-refractivity contribution in [2.24, 2.45) is 0 Å². The summed E-state index contributed by atoms with van der Waals surface area (Å²) in [6.07, 6.45) is 0. The maximum Gasteiger partial charge on any atom is 0.488 e. The smallest absolute Gasteiger partial charge is 0.423 e. The van der Waals surface area contributed by atoms with Crippen LogP contribution in [0.2, 0.25) is 0 Å². The summed E-state index contributed by atoms with van der Waals surface area (Å²) in [5.41, 5.74) is 2.39. The van der Waals surface area contributed by atoms with Crippen molar-refractivity contribution >= 4 is 23.5 Å². The minimum atomic E-state index is -1.51. The van der Waals surface area contributed by atoms with E-state index in [0.717, 1.165) is 11.1 Å². The second-order valence-electron chi connectivity index (χ2n) is 4.88. The standard InChI is InChI=1S/C15H13BN2O3/c1-9-8-10(16(20)21)6-7-11(9)14-17-13-5-3-2-4-12(13)15(19)18-14/h2-8,20-21H,1H3,(H,17,18,19). The molecule has 0 radical (unpaired) electrons. The van der Waals surface area contributed by atoms with Crippen molar-refractivity contribution in [3.8, 4) is 11.4 Å². The van der Waals surface area contributed by atoms with Crippen LogP contribution in [-0.2, 0) is 0 Å². The van der Waals surface area contributed by atoms with E-state index in [-0.39, 0.29) is 5.56 Å². The largest absolute Gasteiger partial charge is 0.488 e. The highest BCUT2D eigenvalue weighted by molar-refractivity contribution is 6.58. The Kier molecular flexibility index (Phi) is 3.33. The number of para-hydroxylation sites is 1. The Morgan fingerprint density at radius 1 is 1.14 bits per heavy atom. The summed E-state index contributed by atoms with van der Waals surface area (Å²) in [5, 5.41) is 18.9. The van der Waals surface area contributed by atoms with Gasteiger partial charge in [-0.2, -0.15) is 0 Å². The van der Waals surface area contributed by atoms with Gasteiger partial charge < -0.3 is 15.0 Å². The number of benzene rings is 2. The summed E-state index contributed by atoms with van der Waals surface area (Å²) in [4.78, 5) is 19.3. The lowest BCUT2D eigenvalue weighted by Gasteiger charge is -2.08. The fraction of sp³-hybridized carbons (Fsp3) is 0.0667. The van der Waals surface area contributed by atoms with Crippen molar-refractivity contribution in [2.45, 2.75) is 6.92 Å². The molecule has 0 amide bonds. The van der Waals surface area contributed by atoms with E-state index in [0.29, 0.717) is 22.2 Å². The van der Waals surface area contributed by atoms with E-state index >= 15 is 0 Å². The predicted molar refractivity (Wildman–Crippen MR) is 82.4 cm³/mol. The van der Waals surface area contributed by atoms with Crippen molar-refractivity contribution in [3.63, 3.8) is 0 Å². The van der Waals surface area contributed by atoms with Gasteiger partial charge in [-0.25, -0.2) is 4.98 Å². The first-order valence-corrected chi connectivity index (χ1v) is 6.52. The second kappa shape index (κ2) is 5.16. The molecule has 0 aliphatic heterocycles. The van der Waals surface area contributed by atoms with E-state index in [9.17, 15) is 14.8 Å². The van der Waals surface area contributed by atoms with Crippen molar-refractivity contribution in [2.75, 3.05) is 0 Å². The molecule has 2 aromatic carbocycles. The highest BCUT2D eigenvalue weighted by Gasteiger charge is 2.14. The Bertz CT molecular complexity index is 874. The first-order valence-electron chi connectivity index (χ1n) is 6.52. The van der Waals surface area contributed by atoms with Gasteiger partial charge >= 0.3 is 7.12 Å². The number of aromatic amines is 1. The molecule has 5 nitrogen and oxygen atoms in total. The number of hydrogen-bond acceptors (Lipinski definition) is 4. The first-order chi connectivity index (χ1) is 10.1. The molecular formula is C15H13BN2O3. The number of H-pyrrole nitrogens is 1. The van der Waals surface area contributed by atoms with E-state index < -0.39 is 7.12 Å². The fourth-order valence-corrected chi connectivity index (χ4v) is 2.33. The van der Waals surface area contributed by atoms with Crippen LogP contribution in [0.4, 0.5) is 0 Å². The summed E-state index contributed by atoms with van der Waals surface area (Å²) in [6, 6.07) is 12.1. The molecule has 0 saturated carbocycles. The average Bonchev–Trinajstić information content (AvgIpc) is 2.47. The van der Waals surface area contributed by atoms with Crippen molar-refractivity contribution in [1.82, 2.24) is 9.97 Å². The van der Waals surface area contributed by atoms with Gasteiger partial charge in [0.25, 0.3) is 5.56 Å². The lowest BCUT2D eigenvalue weighted by molar-refractivity contribution is 0.426. The Morgan fingerprint density at radius 3 is 2.62 bits per heavy atom. The Morgan fingerprint density at radius 2 is 1.90 bits per heavy atom. The molecule has 3 aromatic rings. The number of aromatic nitrogens is 2. The van der Waals surface area contributed by atoms with Gasteiger partial charge in [0, 0.05) is 5.56 Å². The molecule has 0 spiro atoms. The highest BCUT2D eigenvalue weighted by Crippen LogP contribution is 2.19. The van der Waals surface area contributed by atoms with Crippen LogP contribution in [0.3, 0.4) is 0 Å². The molecule has 0 atom stereocenters. The molecule has 0 aliphatic rings. The average molecular weight is 280 g/mol. The quantitative estimate of drug-likeness (QED) is 0.599. The molecule has 0 saturated heterocycles. The van der Waals surface area contributed by atoms with Crippen LogP contribution in [0.15, 0.2) is 47.3 Å². The van der Waals surface area contributed by atoms with Crippen molar-refractivity contribution in [1.29, 1.82) is 0 Å². The van der Waals surface area contributed by atoms with Gasteiger partial charge in [-0.05, 0) is 30.1 Å². The third kappa shape index (κ3) is 2.46. The Labute approximate surface area is 121 Å². The molecule has 1 heterocycles. The number of nitrogens with zero attached hydrogens (tertiary/aromatic N) is 1. The van der Waals surface area contributed by atoms with Gasteiger partial charge in [-0.3, -0.25) is 4.79 Å². The van der Waals surface area contributed by atoms with Gasteiger partial charge in [0.05, 0.1) is 10.9 Å². The SMILES string of the molecule is Cc1cc(B(O)O)ccc1-c1nc2ccccc2c(=O)[nH]1. The van der Waals surface area contributed by atoms with Crippen molar-refractivity contribution in [3.05, 3.63) is 58.4 Å². The number of fused-ring (bicyclic) bond motifs is 1. The van der Waals surface area contributed by atoms with Gasteiger partial charge in [-0.1, -0.05) is 30.3 Å².